The summed E-state index contributed by atoms with van der Waals surface area (Å²) < 4.78 is 30.3. The zero-order valence-corrected chi connectivity index (χ0v) is 7.84. The fourth-order valence-electron chi connectivity index (χ4n) is 0.959. The molecule has 4 heteroatoms. The van der Waals surface area contributed by atoms with Gasteiger partial charge in [0.1, 0.15) is 17.4 Å². The van der Waals surface area contributed by atoms with Gasteiger partial charge in [-0.05, 0) is 6.92 Å². The molecule has 0 aromatic heterocycles. The molecule has 2 nitrogen and oxygen atoms in total. The number of halogens is 2. The Morgan fingerprint density at radius 2 is 1.86 bits per heavy atom. The lowest BCUT2D eigenvalue weighted by Gasteiger charge is -2.07. The van der Waals surface area contributed by atoms with Crippen LogP contribution in [-0.2, 0) is 0 Å². The quantitative estimate of drug-likeness (QED) is 0.810. The maximum Gasteiger partial charge on any atom is 0.129 e. The third-order valence-electron chi connectivity index (χ3n) is 1.64. The average molecular weight is 202 g/mol. The number of hydrogen-bond acceptors (Lipinski definition) is 2. The van der Waals surface area contributed by atoms with E-state index >= 15 is 0 Å². The standard InChI is InChI=1S/C10H12F2O2/c1-7(13)2-3-14-10-5-8(11)4-9(12)6-10/h4-7,13H,2-3H2,1H3. The molecule has 14 heavy (non-hydrogen) atoms. The van der Waals surface area contributed by atoms with Gasteiger partial charge in [-0.1, -0.05) is 0 Å². The molecule has 0 fully saturated rings. The van der Waals surface area contributed by atoms with Crippen LogP contribution in [0.2, 0.25) is 0 Å². The molecular formula is C10H12F2O2. The second-order valence-corrected chi connectivity index (χ2v) is 3.09. The van der Waals surface area contributed by atoms with Crippen molar-refractivity contribution in [3.63, 3.8) is 0 Å². The Morgan fingerprint density at radius 3 is 2.36 bits per heavy atom. The van der Waals surface area contributed by atoms with Crippen molar-refractivity contribution in [1.82, 2.24) is 0 Å². The summed E-state index contributed by atoms with van der Waals surface area (Å²) in [6.07, 6.45) is -0.0496. The monoisotopic (exact) mass is 202 g/mol. The van der Waals surface area contributed by atoms with Gasteiger partial charge in [0.15, 0.2) is 0 Å². The highest BCUT2D eigenvalue weighted by Crippen LogP contribution is 2.15. The molecule has 1 rings (SSSR count). The predicted octanol–water partition coefficient (Wildman–Crippen LogP) is 2.11. The molecule has 0 saturated carbocycles. The Labute approximate surface area is 81.1 Å². The largest absolute Gasteiger partial charge is 0.493 e. The fraction of sp³-hybridized carbons (Fsp3) is 0.400. The molecule has 0 radical (unpaired) electrons. The van der Waals surface area contributed by atoms with Crippen molar-refractivity contribution in [1.29, 1.82) is 0 Å². The average Bonchev–Trinajstić information content (AvgIpc) is 2.01. The first-order chi connectivity index (χ1) is 6.58. The highest BCUT2D eigenvalue weighted by molar-refractivity contribution is 5.23. The van der Waals surface area contributed by atoms with Crippen LogP contribution in [0.15, 0.2) is 18.2 Å². The van der Waals surface area contributed by atoms with Crippen LogP contribution in [-0.4, -0.2) is 17.8 Å². The number of aliphatic hydroxyl groups is 1. The van der Waals surface area contributed by atoms with Gasteiger partial charge >= 0.3 is 0 Å². The van der Waals surface area contributed by atoms with Crippen molar-refractivity contribution in [3.05, 3.63) is 29.8 Å². The predicted molar refractivity (Wildman–Crippen MR) is 48.2 cm³/mol. The van der Waals surface area contributed by atoms with Crippen LogP contribution in [0.3, 0.4) is 0 Å². The fourth-order valence-corrected chi connectivity index (χ4v) is 0.959. The molecule has 0 aliphatic heterocycles. The van der Waals surface area contributed by atoms with E-state index in [2.05, 4.69) is 0 Å². The summed E-state index contributed by atoms with van der Waals surface area (Å²) in [5, 5.41) is 8.91. The molecule has 0 amide bonds. The lowest BCUT2D eigenvalue weighted by atomic mass is 10.3. The Kier molecular flexibility index (Phi) is 3.83. The molecule has 78 valence electrons. The molecule has 0 saturated heterocycles. The van der Waals surface area contributed by atoms with Crippen LogP contribution in [0.25, 0.3) is 0 Å². The SMILES string of the molecule is CC(O)CCOc1cc(F)cc(F)c1. The number of hydrogen-bond donors (Lipinski definition) is 1. The van der Waals surface area contributed by atoms with Gasteiger partial charge < -0.3 is 9.84 Å². The summed E-state index contributed by atoms with van der Waals surface area (Å²) in [7, 11) is 0. The van der Waals surface area contributed by atoms with Crippen LogP contribution in [0.1, 0.15) is 13.3 Å². The van der Waals surface area contributed by atoms with Crippen LogP contribution in [0, 0.1) is 11.6 Å². The maximum absolute atomic E-state index is 12.6. The van der Waals surface area contributed by atoms with E-state index in [1.165, 1.54) is 0 Å². The van der Waals surface area contributed by atoms with E-state index in [9.17, 15) is 8.78 Å². The smallest absolute Gasteiger partial charge is 0.129 e. The van der Waals surface area contributed by atoms with Crippen LogP contribution in [0.5, 0.6) is 5.75 Å². The second kappa shape index (κ2) is 4.91. The Hall–Kier alpha value is -1.16. The molecule has 0 aliphatic carbocycles. The molecule has 0 bridgehead atoms. The van der Waals surface area contributed by atoms with Gasteiger partial charge in [-0.3, -0.25) is 0 Å². The van der Waals surface area contributed by atoms with Crippen molar-refractivity contribution < 1.29 is 18.6 Å². The lowest BCUT2D eigenvalue weighted by Crippen LogP contribution is -2.07. The Bertz CT molecular complexity index is 280. The molecule has 0 aliphatic rings. The van der Waals surface area contributed by atoms with E-state index in [1.54, 1.807) is 6.92 Å². The molecule has 0 spiro atoms. The van der Waals surface area contributed by atoms with Gasteiger partial charge in [0.05, 0.1) is 12.7 Å². The molecule has 1 aromatic rings. The van der Waals surface area contributed by atoms with Crippen LogP contribution >= 0.6 is 0 Å². The van der Waals surface area contributed by atoms with E-state index < -0.39 is 17.7 Å². The van der Waals surface area contributed by atoms with E-state index in [0.717, 1.165) is 18.2 Å². The summed E-state index contributed by atoms with van der Waals surface area (Å²) in [6, 6.07) is 2.98. The minimum atomic E-state index is -0.669. The molecule has 1 atom stereocenters. The molecule has 1 N–H and O–H groups in total. The van der Waals surface area contributed by atoms with Gasteiger partial charge in [0.25, 0.3) is 0 Å². The van der Waals surface area contributed by atoms with Crippen molar-refractivity contribution in [2.75, 3.05) is 6.61 Å². The molecule has 0 heterocycles. The van der Waals surface area contributed by atoms with Gasteiger partial charge in [0.2, 0.25) is 0 Å². The van der Waals surface area contributed by atoms with Gasteiger partial charge in [0, 0.05) is 24.6 Å². The van der Waals surface area contributed by atoms with E-state index in [-0.39, 0.29) is 12.4 Å². The minimum absolute atomic E-state index is 0.142. The summed E-state index contributed by atoms with van der Waals surface area (Å²) in [5.41, 5.74) is 0. The van der Waals surface area contributed by atoms with Crippen molar-refractivity contribution in [2.45, 2.75) is 19.4 Å². The van der Waals surface area contributed by atoms with E-state index in [1.807, 2.05) is 0 Å². The molecule has 1 aromatic carbocycles. The first-order valence-corrected chi connectivity index (χ1v) is 4.35. The Balaban J connectivity index is 2.50. The summed E-state index contributed by atoms with van der Waals surface area (Å²) in [4.78, 5) is 0. The van der Waals surface area contributed by atoms with Gasteiger partial charge in [-0.25, -0.2) is 8.78 Å². The normalized spacial score (nSPS) is 12.6. The topological polar surface area (TPSA) is 29.5 Å². The second-order valence-electron chi connectivity index (χ2n) is 3.09. The zero-order valence-electron chi connectivity index (χ0n) is 7.84. The van der Waals surface area contributed by atoms with E-state index in [0.29, 0.717) is 6.42 Å². The number of rotatable bonds is 4. The molecule has 1 unspecified atom stereocenters. The third-order valence-corrected chi connectivity index (χ3v) is 1.64. The number of ether oxygens (including phenoxy) is 1. The lowest BCUT2D eigenvalue weighted by molar-refractivity contribution is 0.155. The highest BCUT2D eigenvalue weighted by atomic mass is 19.1. The highest BCUT2D eigenvalue weighted by Gasteiger charge is 2.02. The van der Waals surface area contributed by atoms with E-state index in [4.69, 9.17) is 9.84 Å². The van der Waals surface area contributed by atoms with Crippen molar-refractivity contribution >= 4 is 0 Å². The van der Waals surface area contributed by atoms with Crippen LogP contribution in [0.4, 0.5) is 8.78 Å². The first kappa shape index (κ1) is 10.9. The van der Waals surface area contributed by atoms with Crippen molar-refractivity contribution in [2.24, 2.45) is 0 Å². The number of benzene rings is 1. The Morgan fingerprint density at radius 1 is 1.29 bits per heavy atom. The maximum atomic E-state index is 12.6. The van der Waals surface area contributed by atoms with Crippen molar-refractivity contribution in [3.8, 4) is 5.75 Å². The zero-order chi connectivity index (χ0) is 10.6. The summed E-state index contributed by atoms with van der Waals surface area (Å²) >= 11 is 0. The van der Waals surface area contributed by atoms with Crippen LogP contribution < -0.4 is 4.74 Å². The molecular weight excluding hydrogens is 190 g/mol. The van der Waals surface area contributed by atoms with Gasteiger partial charge in [-0.2, -0.15) is 0 Å². The summed E-state index contributed by atoms with van der Waals surface area (Å²) in [6.45, 7) is 1.86. The minimum Gasteiger partial charge on any atom is -0.493 e. The van der Waals surface area contributed by atoms with Gasteiger partial charge in [-0.15, -0.1) is 0 Å². The summed E-state index contributed by atoms with van der Waals surface area (Å²) in [5.74, 6) is -1.20. The first-order valence-electron chi connectivity index (χ1n) is 4.35. The third kappa shape index (κ3) is 3.70. The number of aliphatic hydroxyl groups excluding tert-OH is 1.